The second kappa shape index (κ2) is 19.4. The third-order valence-corrected chi connectivity index (χ3v) is 11.9. The number of unbranched alkanes of at least 4 members (excludes halogenated alkanes) is 1. The molecule has 0 amide bonds. The van der Waals surface area contributed by atoms with Gasteiger partial charge >= 0.3 is 22.4 Å². The lowest BCUT2D eigenvalue weighted by Crippen LogP contribution is -2.37. The first-order valence-corrected chi connectivity index (χ1v) is 21.6. The van der Waals surface area contributed by atoms with Crippen LogP contribution in [-0.2, 0) is 63.6 Å². The Hall–Kier alpha value is -5.97. The highest BCUT2D eigenvalue weighted by Gasteiger charge is 2.36. The molecule has 0 fully saturated rings. The molecule has 2 heterocycles. The smallest absolute Gasteiger partial charge is 0.416 e. The van der Waals surface area contributed by atoms with Gasteiger partial charge in [-0.3, -0.25) is 4.79 Å². The summed E-state index contributed by atoms with van der Waals surface area (Å²) < 4.78 is 101. The maximum absolute atomic E-state index is 14.6. The lowest BCUT2D eigenvalue weighted by atomic mass is 9.84. The SMILES string of the molecule is CCOC(=O)CC(c1cc(CN2Cc3cc(OCc4ccccc4)ccc3OS2(=O)=O)cc(C(F)(F)F)c1)c1ccc2c(nnn2CCCCOCc2ccc(OC)cc2)c1C. The molecule has 6 aromatic rings. The molecule has 16 heteroatoms. The Kier molecular flexibility index (Phi) is 13.8. The maximum Gasteiger partial charge on any atom is 0.416 e. The molecule has 0 saturated heterocycles. The Morgan fingerprint density at radius 3 is 2.39 bits per heavy atom. The number of carbonyl (C=O) groups is 1. The fourth-order valence-electron chi connectivity index (χ4n) is 7.44. The normalized spacial score (nSPS) is 14.2. The topological polar surface area (TPSA) is 131 Å². The molecule has 1 unspecified atom stereocenters. The van der Waals surface area contributed by atoms with E-state index < -0.39 is 40.5 Å². The van der Waals surface area contributed by atoms with Crippen molar-refractivity contribution in [2.45, 2.75) is 78.1 Å². The van der Waals surface area contributed by atoms with Crippen LogP contribution in [0.25, 0.3) is 11.0 Å². The van der Waals surface area contributed by atoms with Crippen LogP contribution in [0.4, 0.5) is 13.2 Å². The van der Waals surface area contributed by atoms with E-state index >= 15 is 0 Å². The minimum Gasteiger partial charge on any atom is -0.497 e. The van der Waals surface area contributed by atoms with E-state index in [4.69, 9.17) is 23.1 Å². The molecule has 7 rings (SSSR count). The predicted octanol–water partition coefficient (Wildman–Crippen LogP) is 9.07. The molecule has 326 valence electrons. The molecule has 1 aliphatic heterocycles. The summed E-state index contributed by atoms with van der Waals surface area (Å²) in [5.74, 6) is -0.168. The van der Waals surface area contributed by atoms with Crippen molar-refractivity contribution in [1.82, 2.24) is 19.3 Å². The van der Waals surface area contributed by atoms with Crippen molar-refractivity contribution >= 4 is 27.3 Å². The van der Waals surface area contributed by atoms with Crippen LogP contribution in [0.3, 0.4) is 0 Å². The van der Waals surface area contributed by atoms with E-state index in [0.29, 0.717) is 47.7 Å². The number of aryl methyl sites for hydroxylation is 2. The molecule has 0 aliphatic carbocycles. The number of methoxy groups -OCH3 is 1. The van der Waals surface area contributed by atoms with Gasteiger partial charge in [-0.15, -0.1) is 5.10 Å². The van der Waals surface area contributed by atoms with Crippen LogP contribution >= 0.6 is 0 Å². The number of carbonyl (C=O) groups excluding carboxylic acids is 1. The van der Waals surface area contributed by atoms with Crippen molar-refractivity contribution in [3.05, 3.63) is 148 Å². The standard InChI is InChI=1S/C46H47F3N4O8S/c1-4-59-44(54)26-41(40-17-18-42-45(31(40)2)50-51-53(42)20-8-9-21-58-29-33-12-14-38(57-3)15-13-33)35-22-34(23-37(24-35)46(47,48)49)27-52-28-36-25-39(16-19-43(36)61-62(52,55)56)60-30-32-10-6-5-7-11-32/h5-7,10-19,22-25,41H,4,8-9,20-21,26-30H2,1-3H3. The monoisotopic (exact) mass is 872 g/mol. The summed E-state index contributed by atoms with van der Waals surface area (Å²) in [6, 6.07) is 28.9. The van der Waals surface area contributed by atoms with Gasteiger partial charge in [0.1, 0.15) is 29.4 Å². The van der Waals surface area contributed by atoms with E-state index in [1.54, 1.807) is 49.9 Å². The number of esters is 1. The van der Waals surface area contributed by atoms with Gasteiger partial charge in [-0.05, 0) is 109 Å². The van der Waals surface area contributed by atoms with Crippen LogP contribution in [0.2, 0.25) is 0 Å². The minimum absolute atomic E-state index is 0.0495. The van der Waals surface area contributed by atoms with Gasteiger partial charge in [-0.1, -0.05) is 59.8 Å². The quantitative estimate of drug-likeness (QED) is 0.0609. The van der Waals surface area contributed by atoms with Crippen molar-refractivity contribution in [2.75, 3.05) is 20.3 Å². The summed E-state index contributed by atoms with van der Waals surface area (Å²) in [5, 5.41) is 8.82. The third-order valence-electron chi connectivity index (χ3n) is 10.6. The predicted molar refractivity (Wildman–Crippen MR) is 225 cm³/mol. The fraction of sp³-hybridized carbons (Fsp3) is 0.326. The van der Waals surface area contributed by atoms with Crippen molar-refractivity contribution < 1.29 is 49.5 Å². The summed E-state index contributed by atoms with van der Waals surface area (Å²) in [6.07, 6.45) is -3.55. The molecule has 12 nitrogen and oxygen atoms in total. The molecule has 5 aromatic carbocycles. The van der Waals surface area contributed by atoms with E-state index in [1.807, 2.05) is 54.6 Å². The Balaban J connectivity index is 1.11. The maximum atomic E-state index is 14.6. The second-order valence-corrected chi connectivity index (χ2v) is 16.5. The zero-order valence-electron chi connectivity index (χ0n) is 34.6. The molecule has 0 saturated carbocycles. The summed E-state index contributed by atoms with van der Waals surface area (Å²) in [6.45, 7) is 4.75. The number of fused-ring (bicyclic) bond motifs is 2. The molecule has 0 bridgehead atoms. The van der Waals surface area contributed by atoms with Crippen LogP contribution in [0.5, 0.6) is 17.2 Å². The highest BCUT2D eigenvalue weighted by Crippen LogP contribution is 2.39. The number of ether oxygens (including phenoxy) is 4. The second-order valence-electron chi connectivity index (χ2n) is 14.9. The summed E-state index contributed by atoms with van der Waals surface area (Å²) in [4.78, 5) is 13.1. The zero-order valence-corrected chi connectivity index (χ0v) is 35.4. The number of hydrogen-bond donors (Lipinski definition) is 0. The molecular formula is C46H47F3N4O8S. The van der Waals surface area contributed by atoms with Gasteiger partial charge in [0, 0.05) is 37.7 Å². The zero-order chi connectivity index (χ0) is 43.9. The number of alkyl halides is 3. The van der Waals surface area contributed by atoms with Crippen LogP contribution < -0.4 is 13.7 Å². The lowest BCUT2D eigenvalue weighted by Gasteiger charge is -2.29. The van der Waals surface area contributed by atoms with Gasteiger partial charge < -0.3 is 23.1 Å². The number of benzene rings is 5. The lowest BCUT2D eigenvalue weighted by molar-refractivity contribution is -0.143. The summed E-state index contributed by atoms with van der Waals surface area (Å²) in [5.41, 5.74) is 4.13. The minimum atomic E-state index is -4.80. The Morgan fingerprint density at radius 2 is 1.65 bits per heavy atom. The van der Waals surface area contributed by atoms with Gasteiger partial charge in [-0.2, -0.15) is 25.9 Å². The Morgan fingerprint density at radius 1 is 0.887 bits per heavy atom. The fourth-order valence-corrected chi connectivity index (χ4v) is 8.54. The number of rotatable bonds is 18. The Bertz CT molecular complexity index is 2600. The van der Waals surface area contributed by atoms with Crippen LogP contribution in [0.15, 0.2) is 103 Å². The van der Waals surface area contributed by atoms with E-state index in [2.05, 4.69) is 10.3 Å². The first kappa shape index (κ1) is 44.1. The largest absolute Gasteiger partial charge is 0.497 e. The summed E-state index contributed by atoms with van der Waals surface area (Å²) >= 11 is 0. The number of halogens is 3. The van der Waals surface area contributed by atoms with Gasteiger partial charge in [-0.25, -0.2) is 4.68 Å². The van der Waals surface area contributed by atoms with E-state index in [1.165, 1.54) is 12.1 Å². The van der Waals surface area contributed by atoms with Gasteiger partial charge in [0.05, 0.1) is 37.8 Å². The van der Waals surface area contributed by atoms with Crippen LogP contribution in [0.1, 0.15) is 76.6 Å². The van der Waals surface area contributed by atoms with Crippen LogP contribution in [0, 0.1) is 6.92 Å². The van der Waals surface area contributed by atoms with E-state index in [9.17, 15) is 26.4 Å². The molecule has 62 heavy (non-hydrogen) atoms. The first-order chi connectivity index (χ1) is 29.8. The van der Waals surface area contributed by atoms with Crippen molar-refractivity contribution in [2.24, 2.45) is 0 Å². The molecule has 1 aliphatic rings. The number of nitrogens with zero attached hydrogens (tertiary/aromatic N) is 4. The molecule has 0 spiro atoms. The van der Waals surface area contributed by atoms with Gasteiger partial charge in [0.25, 0.3) is 0 Å². The van der Waals surface area contributed by atoms with Gasteiger partial charge in [0.15, 0.2) is 0 Å². The molecule has 0 radical (unpaired) electrons. The number of hydrogen-bond acceptors (Lipinski definition) is 10. The highest BCUT2D eigenvalue weighted by atomic mass is 32.2. The average Bonchev–Trinajstić information content (AvgIpc) is 3.67. The molecule has 1 atom stereocenters. The first-order valence-electron chi connectivity index (χ1n) is 20.2. The van der Waals surface area contributed by atoms with Crippen molar-refractivity contribution in [1.29, 1.82) is 0 Å². The van der Waals surface area contributed by atoms with E-state index in [0.717, 1.165) is 51.7 Å². The number of aromatic nitrogens is 3. The van der Waals surface area contributed by atoms with Crippen molar-refractivity contribution in [3.8, 4) is 17.2 Å². The van der Waals surface area contributed by atoms with E-state index in [-0.39, 0.29) is 43.1 Å². The molecule has 0 N–H and O–H groups in total. The molecular weight excluding hydrogens is 826 g/mol. The van der Waals surface area contributed by atoms with Crippen molar-refractivity contribution in [3.63, 3.8) is 0 Å². The average molecular weight is 873 g/mol. The molecule has 1 aromatic heterocycles. The van der Waals surface area contributed by atoms with Gasteiger partial charge in [0.2, 0.25) is 0 Å². The Labute approximate surface area is 358 Å². The third kappa shape index (κ3) is 10.7. The summed E-state index contributed by atoms with van der Waals surface area (Å²) in [7, 11) is -2.79. The van der Waals surface area contributed by atoms with Crippen LogP contribution in [-0.4, -0.2) is 54.0 Å². The highest BCUT2D eigenvalue weighted by molar-refractivity contribution is 7.84.